The number of anilines is 2. The Bertz CT molecular complexity index is 757. The van der Waals surface area contributed by atoms with Crippen molar-refractivity contribution < 1.29 is 9.21 Å². The van der Waals surface area contributed by atoms with Crippen LogP contribution in [0.3, 0.4) is 0 Å². The number of piperazine rings is 1. The fourth-order valence-corrected chi connectivity index (χ4v) is 3.95. The van der Waals surface area contributed by atoms with Gasteiger partial charge in [-0.2, -0.15) is 10.1 Å². The number of amides is 1. The minimum atomic E-state index is -0.0634. The summed E-state index contributed by atoms with van der Waals surface area (Å²) in [6.07, 6.45) is 8.11. The first-order chi connectivity index (χ1) is 13.3. The molecule has 1 amide bonds. The molecule has 2 aromatic heterocycles. The summed E-state index contributed by atoms with van der Waals surface area (Å²) >= 11 is 0. The zero-order chi connectivity index (χ0) is 18.6. The third-order valence-electron chi connectivity index (χ3n) is 5.51. The lowest BCUT2D eigenvalue weighted by molar-refractivity contribution is 0.0714. The van der Waals surface area contributed by atoms with Gasteiger partial charge in [-0.1, -0.05) is 6.92 Å². The van der Waals surface area contributed by atoms with Crippen LogP contribution in [0.4, 0.5) is 11.8 Å². The van der Waals surface area contributed by atoms with Gasteiger partial charge in [0.15, 0.2) is 11.6 Å². The minimum Gasteiger partial charge on any atom is -0.459 e. The second-order valence-electron chi connectivity index (χ2n) is 7.12. The van der Waals surface area contributed by atoms with Crippen molar-refractivity contribution in [3.8, 4) is 0 Å². The second kappa shape index (κ2) is 7.94. The van der Waals surface area contributed by atoms with E-state index in [0.717, 1.165) is 18.8 Å². The highest BCUT2D eigenvalue weighted by atomic mass is 16.3. The van der Waals surface area contributed by atoms with Crippen LogP contribution in [0.2, 0.25) is 0 Å². The summed E-state index contributed by atoms with van der Waals surface area (Å²) in [4.78, 5) is 23.5. The zero-order valence-corrected chi connectivity index (χ0v) is 15.8. The Morgan fingerprint density at radius 2 is 2.07 bits per heavy atom. The van der Waals surface area contributed by atoms with Gasteiger partial charge in [0.05, 0.1) is 12.5 Å². The van der Waals surface area contributed by atoms with E-state index in [9.17, 15) is 4.79 Å². The third kappa shape index (κ3) is 3.74. The average molecular weight is 370 g/mol. The number of hydrogen-bond acceptors (Lipinski definition) is 7. The largest absolute Gasteiger partial charge is 0.459 e. The van der Waals surface area contributed by atoms with Gasteiger partial charge >= 0.3 is 0 Å². The predicted molar refractivity (Wildman–Crippen MR) is 102 cm³/mol. The molecule has 0 spiro atoms. The number of aromatic nitrogens is 3. The van der Waals surface area contributed by atoms with Crippen LogP contribution in [0.25, 0.3) is 0 Å². The minimum absolute atomic E-state index is 0.0634. The predicted octanol–water partition coefficient (Wildman–Crippen LogP) is 2.20. The van der Waals surface area contributed by atoms with Gasteiger partial charge in [-0.15, -0.1) is 5.10 Å². The Balaban J connectivity index is 1.42. The van der Waals surface area contributed by atoms with Crippen molar-refractivity contribution in [1.82, 2.24) is 20.1 Å². The maximum atomic E-state index is 12.4. The Labute approximate surface area is 159 Å². The fourth-order valence-electron chi connectivity index (χ4n) is 3.95. The third-order valence-corrected chi connectivity index (χ3v) is 5.51. The molecule has 0 aromatic carbocycles. The van der Waals surface area contributed by atoms with Crippen LogP contribution in [-0.4, -0.2) is 64.8 Å². The van der Waals surface area contributed by atoms with Crippen molar-refractivity contribution in [2.75, 3.05) is 42.5 Å². The molecule has 8 nitrogen and oxygen atoms in total. The van der Waals surface area contributed by atoms with Crippen LogP contribution in [-0.2, 0) is 0 Å². The van der Waals surface area contributed by atoms with Crippen molar-refractivity contribution >= 4 is 17.7 Å². The Morgan fingerprint density at radius 3 is 2.81 bits per heavy atom. The van der Waals surface area contributed by atoms with Gasteiger partial charge in [0.25, 0.3) is 5.91 Å². The van der Waals surface area contributed by atoms with Gasteiger partial charge < -0.3 is 19.1 Å². The van der Waals surface area contributed by atoms with Gasteiger partial charge in [-0.05, 0) is 37.8 Å². The van der Waals surface area contributed by atoms with Crippen LogP contribution in [0.5, 0.6) is 0 Å². The number of hydrogen-bond donors (Lipinski definition) is 0. The number of carbonyl (C=O) groups is 1. The monoisotopic (exact) mass is 370 g/mol. The first-order valence-corrected chi connectivity index (χ1v) is 9.80. The summed E-state index contributed by atoms with van der Waals surface area (Å²) < 4.78 is 5.22. The van der Waals surface area contributed by atoms with Crippen LogP contribution in [0.15, 0.2) is 29.0 Å². The van der Waals surface area contributed by atoms with Crippen LogP contribution < -0.4 is 9.80 Å². The Morgan fingerprint density at radius 1 is 1.22 bits per heavy atom. The second-order valence-corrected chi connectivity index (χ2v) is 7.12. The fraction of sp³-hybridized carbons (Fsp3) is 0.579. The van der Waals surface area contributed by atoms with Crippen LogP contribution in [0, 0.1) is 0 Å². The molecule has 27 heavy (non-hydrogen) atoms. The molecular weight excluding hydrogens is 344 g/mol. The van der Waals surface area contributed by atoms with E-state index in [0.29, 0.717) is 43.9 Å². The maximum absolute atomic E-state index is 12.4. The van der Waals surface area contributed by atoms with Gasteiger partial charge in [-0.3, -0.25) is 4.79 Å². The first kappa shape index (κ1) is 17.8. The standard InChI is InChI=1S/C19H26N6O2/c1-2-15-6-3-4-8-25(15)17-14-20-22-19(21-17)24-11-9-23(10-12-24)18(26)16-7-5-13-27-16/h5,7,13-15H,2-4,6,8-12H2,1H3. The van der Waals surface area contributed by atoms with Crippen LogP contribution >= 0.6 is 0 Å². The number of carbonyl (C=O) groups excluding carboxylic acids is 1. The molecule has 8 heteroatoms. The molecule has 2 aliphatic rings. The average Bonchev–Trinajstić information content (AvgIpc) is 3.28. The molecule has 2 aliphatic heterocycles. The molecule has 0 radical (unpaired) electrons. The topological polar surface area (TPSA) is 78.6 Å². The molecule has 0 N–H and O–H groups in total. The van der Waals surface area contributed by atoms with Gasteiger partial charge in [0.2, 0.25) is 5.95 Å². The van der Waals surface area contributed by atoms with Crippen molar-refractivity contribution in [2.24, 2.45) is 0 Å². The number of furan rings is 1. The molecule has 4 heterocycles. The molecular formula is C19H26N6O2. The summed E-state index contributed by atoms with van der Waals surface area (Å²) in [7, 11) is 0. The van der Waals surface area contributed by atoms with Crippen molar-refractivity contribution in [3.63, 3.8) is 0 Å². The van der Waals surface area contributed by atoms with Gasteiger partial charge in [-0.25, -0.2) is 0 Å². The lowest BCUT2D eigenvalue weighted by Gasteiger charge is -2.37. The highest BCUT2D eigenvalue weighted by Gasteiger charge is 2.27. The van der Waals surface area contributed by atoms with E-state index in [1.807, 2.05) is 4.90 Å². The molecule has 2 fully saturated rings. The molecule has 144 valence electrons. The van der Waals surface area contributed by atoms with Gasteiger partial charge in [0.1, 0.15) is 0 Å². The maximum Gasteiger partial charge on any atom is 0.289 e. The smallest absolute Gasteiger partial charge is 0.289 e. The number of nitrogens with zero attached hydrogens (tertiary/aromatic N) is 6. The SMILES string of the molecule is CCC1CCCCN1c1cnnc(N2CCN(C(=O)c3ccco3)CC2)n1. The molecule has 0 saturated carbocycles. The summed E-state index contributed by atoms with van der Waals surface area (Å²) in [6.45, 7) is 5.88. The molecule has 2 saturated heterocycles. The van der Waals surface area contributed by atoms with E-state index < -0.39 is 0 Å². The summed E-state index contributed by atoms with van der Waals surface area (Å²) in [5.74, 6) is 1.89. The highest BCUT2D eigenvalue weighted by molar-refractivity contribution is 5.91. The molecule has 0 bridgehead atoms. The summed E-state index contributed by atoms with van der Waals surface area (Å²) in [5.41, 5.74) is 0. The molecule has 1 unspecified atom stereocenters. The quantitative estimate of drug-likeness (QED) is 0.816. The van der Waals surface area contributed by atoms with E-state index in [1.54, 1.807) is 18.3 Å². The van der Waals surface area contributed by atoms with Crippen molar-refractivity contribution in [1.29, 1.82) is 0 Å². The molecule has 2 aromatic rings. The van der Waals surface area contributed by atoms with Crippen molar-refractivity contribution in [3.05, 3.63) is 30.4 Å². The van der Waals surface area contributed by atoms with E-state index in [-0.39, 0.29) is 5.91 Å². The lowest BCUT2D eigenvalue weighted by Crippen LogP contribution is -2.49. The highest BCUT2D eigenvalue weighted by Crippen LogP contribution is 2.25. The van der Waals surface area contributed by atoms with Crippen LogP contribution in [0.1, 0.15) is 43.2 Å². The normalized spacial score (nSPS) is 20.8. The van der Waals surface area contributed by atoms with E-state index in [1.165, 1.54) is 25.5 Å². The Hall–Kier alpha value is -2.64. The summed E-state index contributed by atoms with van der Waals surface area (Å²) in [6, 6.07) is 3.97. The summed E-state index contributed by atoms with van der Waals surface area (Å²) in [5, 5.41) is 8.45. The number of rotatable bonds is 4. The molecule has 0 aliphatic carbocycles. The first-order valence-electron chi connectivity index (χ1n) is 9.80. The van der Waals surface area contributed by atoms with E-state index >= 15 is 0 Å². The number of piperidine rings is 1. The Kier molecular flexibility index (Phi) is 5.22. The van der Waals surface area contributed by atoms with E-state index in [2.05, 4.69) is 26.9 Å². The molecule has 1 atom stereocenters. The van der Waals surface area contributed by atoms with E-state index in [4.69, 9.17) is 9.40 Å². The van der Waals surface area contributed by atoms with Gasteiger partial charge in [0, 0.05) is 38.8 Å². The zero-order valence-electron chi connectivity index (χ0n) is 15.8. The van der Waals surface area contributed by atoms with Crippen molar-refractivity contribution in [2.45, 2.75) is 38.6 Å². The lowest BCUT2D eigenvalue weighted by atomic mass is 10.0. The molecule has 4 rings (SSSR count).